The number of allylic oxidation sites excluding steroid dienone is 1. The molecule has 0 aromatic carbocycles. The van der Waals surface area contributed by atoms with Crippen molar-refractivity contribution in [3.8, 4) is 23.7 Å². The van der Waals surface area contributed by atoms with Crippen LogP contribution in [0.5, 0.6) is 0 Å². The maximum atomic E-state index is 11.2. The zero-order valence-corrected chi connectivity index (χ0v) is 18.2. The first-order chi connectivity index (χ1) is 14.3. The van der Waals surface area contributed by atoms with Gasteiger partial charge in [-0.25, -0.2) is 0 Å². The van der Waals surface area contributed by atoms with E-state index in [0.29, 0.717) is 6.61 Å². The average Bonchev–Trinajstić information content (AvgIpc) is 2.67. The van der Waals surface area contributed by atoms with Crippen LogP contribution in [0.15, 0.2) is 24.8 Å². The molecule has 0 rings (SSSR count). The summed E-state index contributed by atoms with van der Waals surface area (Å²) in [6, 6.07) is 0. The molecular weight excluding hydrogens is 384 g/mol. The van der Waals surface area contributed by atoms with Gasteiger partial charge in [-0.15, -0.1) is 0 Å². The van der Waals surface area contributed by atoms with Crippen LogP contribution >= 0.6 is 0 Å². The topological polar surface area (TPSA) is 78.9 Å². The first-order valence-corrected chi connectivity index (χ1v) is 10.1. The summed E-state index contributed by atoms with van der Waals surface area (Å²) >= 11 is 0. The van der Waals surface area contributed by atoms with Crippen LogP contribution in [-0.2, 0) is 28.6 Å². The van der Waals surface area contributed by atoms with Gasteiger partial charge in [0.1, 0.15) is 0 Å². The maximum Gasteiger partial charge on any atom is 0.304 e. The third-order valence-electron chi connectivity index (χ3n) is 3.67. The van der Waals surface area contributed by atoms with Crippen LogP contribution in [0.2, 0.25) is 0 Å². The molecule has 2 unspecified atom stereocenters. The molecule has 0 aliphatic rings. The van der Waals surface area contributed by atoms with Crippen LogP contribution in [-0.4, -0.2) is 36.7 Å². The fourth-order valence-electron chi connectivity index (χ4n) is 2.33. The van der Waals surface area contributed by atoms with Crippen molar-refractivity contribution in [3.05, 3.63) is 24.8 Å². The summed E-state index contributed by atoms with van der Waals surface area (Å²) in [5.41, 5.74) is 0. The van der Waals surface area contributed by atoms with Crippen LogP contribution in [0.1, 0.15) is 65.7 Å². The zero-order chi connectivity index (χ0) is 22.6. The summed E-state index contributed by atoms with van der Waals surface area (Å²) in [4.78, 5) is 32.8. The first kappa shape index (κ1) is 27.0. The Morgan fingerprint density at radius 3 is 1.90 bits per heavy atom. The molecule has 0 saturated heterocycles. The van der Waals surface area contributed by atoms with Crippen molar-refractivity contribution in [2.45, 2.75) is 77.9 Å². The Labute approximate surface area is 180 Å². The smallest absolute Gasteiger partial charge is 0.304 e. The summed E-state index contributed by atoms with van der Waals surface area (Å²) in [5, 5.41) is 0. The number of unbranched alkanes of at least 4 members (excludes halogenated alkanes) is 6. The van der Waals surface area contributed by atoms with Gasteiger partial charge < -0.3 is 14.2 Å². The fraction of sp³-hybridized carbons (Fsp3) is 0.542. The minimum Gasteiger partial charge on any atom is -0.466 e. The molecule has 0 heterocycles. The van der Waals surface area contributed by atoms with Gasteiger partial charge in [0.05, 0.1) is 6.61 Å². The number of carbonyl (C=O) groups excluding carboxylic acids is 3. The Hall–Kier alpha value is -2.99. The van der Waals surface area contributed by atoms with E-state index in [0.717, 1.165) is 44.9 Å². The Bertz CT molecular complexity index is 699. The van der Waals surface area contributed by atoms with E-state index in [1.807, 2.05) is 6.08 Å². The van der Waals surface area contributed by atoms with Gasteiger partial charge in [-0.05, 0) is 55.1 Å². The molecule has 0 bridgehead atoms. The van der Waals surface area contributed by atoms with Crippen molar-refractivity contribution < 1.29 is 28.6 Å². The predicted octanol–water partition coefficient (Wildman–Crippen LogP) is 3.89. The number of ether oxygens (including phenoxy) is 3. The summed E-state index contributed by atoms with van der Waals surface area (Å²) < 4.78 is 14.9. The summed E-state index contributed by atoms with van der Waals surface area (Å²) in [6.07, 6.45) is 10.9. The van der Waals surface area contributed by atoms with Crippen LogP contribution < -0.4 is 0 Å². The minimum absolute atomic E-state index is 0.228. The molecule has 0 amide bonds. The Morgan fingerprint density at radius 2 is 1.33 bits per heavy atom. The molecule has 0 radical (unpaired) electrons. The molecule has 0 aliphatic heterocycles. The highest BCUT2D eigenvalue weighted by Crippen LogP contribution is 2.08. The maximum absolute atomic E-state index is 11.2. The van der Waals surface area contributed by atoms with Crippen LogP contribution in [0, 0.1) is 23.7 Å². The van der Waals surface area contributed by atoms with Gasteiger partial charge in [0.2, 0.25) is 0 Å². The molecule has 0 spiro atoms. The molecule has 0 fully saturated rings. The van der Waals surface area contributed by atoms with E-state index in [-0.39, 0.29) is 5.97 Å². The fourth-order valence-corrected chi connectivity index (χ4v) is 2.33. The number of esters is 3. The molecule has 6 heteroatoms. The molecule has 2 atom stereocenters. The normalized spacial score (nSPS) is 11.8. The molecule has 0 N–H and O–H groups in total. The largest absolute Gasteiger partial charge is 0.466 e. The third-order valence-corrected chi connectivity index (χ3v) is 3.67. The Balaban J connectivity index is 4.25. The van der Waals surface area contributed by atoms with E-state index in [1.54, 1.807) is 6.08 Å². The quantitative estimate of drug-likeness (QED) is 0.149. The van der Waals surface area contributed by atoms with E-state index in [1.165, 1.54) is 26.8 Å². The first-order valence-electron chi connectivity index (χ1n) is 10.1. The van der Waals surface area contributed by atoms with Gasteiger partial charge in [-0.2, -0.15) is 0 Å². The highest BCUT2D eigenvalue weighted by atomic mass is 16.5. The number of hydrogen-bond acceptors (Lipinski definition) is 6. The standard InChI is InChI=1S/C24H32O6/c1-5-23(29-21(3)26)16-13-14-18-24(30-22(4)27)17-12-10-8-6-7-9-11-15-19-28-20(2)25/h5,12,17,23-24H,1,6-11,15,19H2,2-4H3/b17-12-. The second kappa shape index (κ2) is 18.1. The lowest BCUT2D eigenvalue weighted by molar-refractivity contribution is -0.143. The van der Waals surface area contributed by atoms with Crippen molar-refractivity contribution >= 4 is 17.9 Å². The molecule has 0 saturated carbocycles. The van der Waals surface area contributed by atoms with Gasteiger partial charge in [0.25, 0.3) is 0 Å². The predicted molar refractivity (Wildman–Crippen MR) is 115 cm³/mol. The highest BCUT2D eigenvalue weighted by Gasteiger charge is 2.04. The second-order valence-electron chi connectivity index (χ2n) is 6.51. The van der Waals surface area contributed by atoms with Crippen molar-refractivity contribution in [2.24, 2.45) is 0 Å². The molecular formula is C24H32O6. The van der Waals surface area contributed by atoms with Crippen LogP contribution in [0.4, 0.5) is 0 Å². The Morgan fingerprint density at radius 1 is 0.800 bits per heavy atom. The number of carbonyl (C=O) groups is 3. The lowest BCUT2D eigenvalue weighted by atomic mass is 10.1. The summed E-state index contributed by atoms with van der Waals surface area (Å²) in [5.74, 6) is 9.49. The van der Waals surface area contributed by atoms with E-state index >= 15 is 0 Å². The van der Waals surface area contributed by atoms with Gasteiger partial charge in [-0.1, -0.05) is 38.3 Å². The molecule has 6 nitrogen and oxygen atoms in total. The third kappa shape index (κ3) is 18.4. The molecule has 0 aromatic heterocycles. The van der Waals surface area contributed by atoms with E-state index in [9.17, 15) is 14.4 Å². The summed E-state index contributed by atoms with van der Waals surface area (Å²) in [7, 11) is 0. The van der Waals surface area contributed by atoms with Gasteiger partial charge in [0, 0.05) is 20.8 Å². The van der Waals surface area contributed by atoms with Gasteiger partial charge in [0.15, 0.2) is 12.2 Å². The number of rotatable bonds is 13. The molecule has 164 valence electrons. The average molecular weight is 417 g/mol. The molecule has 0 aliphatic carbocycles. The second-order valence-corrected chi connectivity index (χ2v) is 6.51. The van der Waals surface area contributed by atoms with Crippen molar-refractivity contribution in [2.75, 3.05) is 6.61 Å². The van der Waals surface area contributed by atoms with Crippen molar-refractivity contribution in [1.82, 2.24) is 0 Å². The Kier molecular flexibility index (Phi) is 16.3. The highest BCUT2D eigenvalue weighted by molar-refractivity contribution is 5.67. The molecule has 30 heavy (non-hydrogen) atoms. The van der Waals surface area contributed by atoms with Crippen LogP contribution in [0.25, 0.3) is 0 Å². The SMILES string of the molecule is C=CC(C#CC#CC(/C=C\CCCCCCCCOC(C)=O)OC(C)=O)OC(C)=O. The lowest BCUT2D eigenvalue weighted by Gasteiger charge is -2.05. The molecule has 0 aromatic rings. The van der Waals surface area contributed by atoms with E-state index < -0.39 is 24.1 Å². The monoisotopic (exact) mass is 416 g/mol. The van der Waals surface area contributed by atoms with Crippen molar-refractivity contribution in [3.63, 3.8) is 0 Å². The lowest BCUT2D eigenvalue weighted by Crippen LogP contribution is -2.11. The van der Waals surface area contributed by atoms with Gasteiger partial charge >= 0.3 is 17.9 Å². The van der Waals surface area contributed by atoms with Crippen molar-refractivity contribution in [1.29, 1.82) is 0 Å². The van der Waals surface area contributed by atoms with Gasteiger partial charge in [-0.3, -0.25) is 14.4 Å². The zero-order valence-electron chi connectivity index (χ0n) is 18.2. The number of hydrogen-bond donors (Lipinski definition) is 0. The summed E-state index contributed by atoms with van der Waals surface area (Å²) in [6.45, 7) is 8.07. The van der Waals surface area contributed by atoms with Crippen LogP contribution in [0.3, 0.4) is 0 Å². The minimum atomic E-state index is -0.721. The van der Waals surface area contributed by atoms with E-state index in [2.05, 4.69) is 30.3 Å². The van der Waals surface area contributed by atoms with E-state index in [4.69, 9.17) is 14.2 Å².